The van der Waals surface area contributed by atoms with Gasteiger partial charge in [-0.05, 0) is 50.3 Å². The molecule has 0 saturated carbocycles. The Morgan fingerprint density at radius 1 is 0.786 bits per heavy atom. The lowest BCUT2D eigenvalue weighted by Gasteiger charge is -2.33. The molecule has 0 aromatic heterocycles. The summed E-state index contributed by atoms with van der Waals surface area (Å²) in [6.07, 6.45) is 3.56. The summed E-state index contributed by atoms with van der Waals surface area (Å²) in [6.45, 7) is 5.23. The van der Waals surface area contributed by atoms with Crippen molar-refractivity contribution in [2.75, 3.05) is 13.1 Å². The molecule has 1 saturated heterocycles. The molecule has 1 aliphatic heterocycles. The first-order valence-electron chi connectivity index (χ1n) is 8.86. The van der Waals surface area contributed by atoms with Crippen molar-refractivity contribution in [1.82, 2.24) is 4.90 Å². The zero-order chi connectivity index (χ0) is 20.4. The van der Waals surface area contributed by atoms with Crippen molar-refractivity contribution in [3.05, 3.63) is 78.8 Å². The number of hydrogen-bond acceptors (Lipinski definition) is 2. The minimum Gasteiger partial charge on any atom is -0.292 e. The number of likely N-dealkylation sites (tertiary alicyclic amines) is 1. The molecule has 2 aromatic rings. The van der Waals surface area contributed by atoms with E-state index in [0.29, 0.717) is 55.5 Å². The predicted molar refractivity (Wildman–Crippen MR) is 121 cm³/mol. The lowest BCUT2D eigenvalue weighted by molar-refractivity contribution is -0.113. The molecular weight excluding hydrogens is 436 g/mol. The van der Waals surface area contributed by atoms with E-state index in [9.17, 15) is 4.79 Å². The molecule has 6 heteroatoms. The Morgan fingerprint density at radius 2 is 1.14 bits per heavy atom. The van der Waals surface area contributed by atoms with Crippen LogP contribution in [0.2, 0.25) is 20.1 Å². The van der Waals surface area contributed by atoms with Gasteiger partial charge in [0, 0.05) is 61.5 Å². The van der Waals surface area contributed by atoms with E-state index < -0.39 is 0 Å². The van der Waals surface area contributed by atoms with Gasteiger partial charge in [0.25, 0.3) is 0 Å². The summed E-state index contributed by atoms with van der Waals surface area (Å²) in [5.41, 5.74) is 2.55. The monoisotopic (exact) mass is 453 g/mol. The first kappa shape index (κ1) is 21.4. The molecule has 0 spiro atoms. The van der Waals surface area contributed by atoms with E-state index in [0.717, 1.165) is 0 Å². The summed E-state index contributed by atoms with van der Waals surface area (Å²) < 4.78 is 0. The Labute approximate surface area is 185 Å². The Hall–Kier alpha value is -1.29. The van der Waals surface area contributed by atoms with Gasteiger partial charge in [-0.2, -0.15) is 0 Å². The highest BCUT2D eigenvalue weighted by Crippen LogP contribution is 2.32. The van der Waals surface area contributed by atoms with E-state index in [1.54, 1.807) is 48.6 Å². The number of halogens is 4. The van der Waals surface area contributed by atoms with Gasteiger partial charge in [-0.1, -0.05) is 58.5 Å². The maximum atomic E-state index is 13.2. The molecule has 1 aliphatic rings. The first-order chi connectivity index (χ1) is 13.3. The van der Waals surface area contributed by atoms with Crippen LogP contribution < -0.4 is 0 Å². The highest BCUT2D eigenvalue weighted by atomic mass is 35.5. The Balaban J connectivity index is 2.09. The largest absolute Gasteiger partial charge is 0.292 e. The van der Waals surface area contributed by atoms with E-state index in [1.807, 2.05) is 0 Å². The second kappa shape index (κ2) is 9.02. The molecule has 28 heavy (non-hydrogen) atoms. The summed E-state index contributed by atoms with van der Waals surface area (Å²) in [4.78, 5) is 15.4. The highest BCUT2D eigenvalue weighted by molar-refractivity contribution is 6.38. The molecule has 2 aromatic carbocycles. The molecule has 0 radical (unpaired) electrons. The van der Waals surface area contributed by atoms with E-state index in [4.69, 9.17) is 46.4 Å². The van der Waals surface area contributed by atoms with Crippen molar-refractivity contribution in [2.24, 2.45) is 0 Å². The van der Waals surface area contributed by atoms with Gasteiger partial charge in [0.1, 0.15) is 0 Å². The van der Waals surface area contributed by atoms with Gasteiger partial charge in [-0.3, -0.25) is 9.69 Å². The number of hydrogen-bond donors (Lipinski definition) is 0. The lowest BCUT2D eigenvalue weighted by atomic mass is 9.93. The van der Waals surface area contributed by atoms with E-state index in [1.165, 1.54) is 0 Å². The molecule has 0 unspecified atom stereocenters. The van der Waals surface area contributed by atoms with Crippen LogP contribution in [0, 0.1) is 0 Å². The van der Waals surface area contributed by atoms with E-state index in [2.05, 4.69) is 18.7 Å². The molecule has 0 aliphatic carbocycles. The fourth-order valence-corrected chi connectivity index (χ4v) is 4.09. The number of piperidine rings is 1. The van der Waals surface area contributed by atoms with Crippen LogP contribution in [0.4, 0.5) is 0 Å². The van der Waals surface area contributed by atoms with E-state index in [-0.39, 0.29) is 11.8 Å². The van der Waals surface area contributed by atoms with Crippen molar-refractivity contribution in [2.45, 2.75) is 19.9 Å². The van der Waals surface area contributed by atoms with E-state index >= 15 is 0 Å². The van der Waals surface area contributed by atoms with Gasteiger partial charge < -0.3 is 0 Å². The maximum absolute atomic E-state index is 13.2. The Morgan fingerprint density at radius 3 is 1.46 bits per heavy atom. The van der Waals surface area contributed by atoms with Crippen molar-refractivity contribution in [3.63, 3.8) is 0 Å². The molecule has 146 valence electrons. The van der Waals surface area contributed by atoms with Crippen LogP contribution in [-0.4, -0.2) is 29.8 Å². The van der Waals surface area contributed by atoms with Gasteiger partial charge in [-0.15, -0.1) is 0 Å². The lowest BCUT2D eigenvalue weighted by Crippen LogP contribution is -2.41. The number of rotatable bonds is 3. The third-order valence-corrected chi connectivity index (χ3v) is 6.02. The van der Waals surface area contributed by atoms with Gasteiger partial charge >= 0.3 is 0 Å². The van der Waals surface area contributed by atoms with Gasteiger partial charge in [0.2, 0.25) is 0 Å². The van der Waals surface area contributed by atoms with Crippen LogP contribution in [0.15, 0.2) is 47.5 Å². The van der Waals surface area contributed by atoms with Crippen molar-refractivity contribution in [3.8, 4) is 0 Å². The molecule has 1 heterocycles. The number of ketones is 1. The molecule has 2 nitrogen and oxygen atoms in total. The molecule has 3 rings (SSSR count). The number of benzene rings is 2. The zero-order valence-corrected chi connectivity index (χ0v) is 18.5. The second-order valence-electron chi connectivity index (χ2n) is 6.94. The topological polar surface area (TPSA) is 20.3 Å². The zero-order valence-electron chi connectivity index (χ0n) is 15.5. The van der Waals surface area contributed by atoms with Crippen LogP contribution in [-0.2, 0) is 4.79 Å². The van der Waals surface area contributed by atoms with Crippen LogP contribution in [0.5, 0.6) is 0 Å². The predicted octanol–water partition coefficient (Wildman–Crippen LogP) is 7.06. The smallest absolute Gasteiger partial charge is 0.187 e. The number of carbonyl (C=O) groups is 1. The normalized spacial score (nSPS) is 18.5. The van der Waals surface area contributed by atoms with Gasteiger partial charge in [0.15, 0.2) is 5.78 Å². The summed E-state index contributed by atoms with van der Waals surface area (Å²) in [5.74, 6) is -0.0520. The standard InChI is InChI=1S/C22H19Cl4NO/c1-13(2)27-11-14(9-16-18(23)5-3-6-19(16)24)22(28)15(12-27)10-17-20(25)7-4-8-21(17)26/h3-10,13H,11-12H2,1-2H3/b14-9+,15-10+. The summed E-state index contributed by atoms with van der Waals surface area (Å²) in [7, 11) is 0. The van der Waals surface area contributed by atoms with Crippen LogP contribution in [0.25, 0.3) is 12.2 Å². The summed E-state index contributed by atoms with van der Waals surface area (Å²) >= 11 is 25.2. The van der Waals surface area contributed by atoms with Crippen LogP contribution in [0.1, 0.15) is 25.0 Å². The molecule has 0 atom stereocenters. The Kier molecular flexibility index (Phi) is 6.90. The van der Waals surface area contributed by atoms with Gasteiger partial charge in [0.05, 0.1) is 0 Å². The van der Waals surface area contributed by atoms with Gasteiger partial charge in [-0.25, -0.2) is 0 Å². The minimum atomic E-state index is -0.0520. The minimum absolute atomic E-state index is 0.0520. The SMILES string of the molecule is CC(C)N1C/C(=C\c2c(Cl)cccc2Cl)C(=O)/C(=C/c2c(Cl)cccc2Cl)C1. The average molecular weight is 455 g/mol. The number of nitrogens with zero attached hydrogens (tertiary/aromatic N) is 1. The first-order valence-corrected chi connectivity index (χ1v) is 10.4. The third-order valence-electron chi connectivity index (χ3n) is 4.70. The molecular formula is C22H19Cl4NO. The fourth-order valence-electron chi connectivity index (χ4n) is 3.08. The van der Waals surface area contributed by atoms with Crippen LogP contribution in [0.3, 0.4) is 0 Å². The average Bonchev–Trinajstić information content (AvgIpc) is 2.63. The second-order valence-corrected chi connectivity index (χ2v) is 8.57. The molecule has 0 N–H and O–H groups in total. The molecule has 0 amide bonds. The van der Waals surface area contributed by atoms with Crippen LogP contribution >= 0.6 is 46.4 Å². The quantitative estimate of drug-likeness (QED) is 0.462. The van der Waals surface area contributed by atoms with Crippen molar-refractivity contribution in [1.29, 1.82) is 0 Å². The molecule has 0 bridgehead atoms. The summed E-state index contributed by atoms with van der Waals surface area (Å²) in [6, 6.07) is 10.8. The highest BCUT2D eigenvalue weighted by Gasteiger charge is 2.28. The maximum Gasteiger partial charge on any atom is 0.187 e. The number of Topliss-reactive ketones (excluding diaryl/α,β-unsaturated/α-hetero) is 1. The number of carbonyl (C=O) groups excluding carboxylic acids is 1. The van der Waals surface area contributed by atoms with Crippen molar-refractivity contribution < 1.29 is 4.79 Å². The summed E-state index contributed by atoms with van der Waals surface area (Å²) in [5, 5.41) is 2.03. The Bertz CT molecular complexity index is 864. The van der Waals surface area contributed by atoms with Crippen molar-refractivity contribution >= 4 is 64.3 Å². The fraction of sp³-hybridized carbons (Fsp3) is 0.227. The third kappa shape index (κ3) is 4.64. The molecule has 1 fully saturated rings.